The maximum atomic E-state index is 12.4. The molecule has 1 atom stereocenters. The number of aliphatic hydroxyl groups excluding tert-OH is 1. The molecule has 2 amide bonds. The Hall–Kier alpha value is -2.54. The third kappa shape index (κ3) is 2.76. The molecule has 28 heavy (non-hydrogen) atoms. The van der Waals surface area contributed by atoms with Crippen molar-refractivity contribution in [1.82, 2.24) is 14.8 Å². The van der Waals surface area contributed by atoms with Crippen LogP contribution < -0.4 is 4.74 Å². The van der Waals surface area contributed by atoms with Crippen LogP contribution in [0.1, 0.15) is 44.0 Å². The molecule has 4 rings (SSSR count). The molecule has 0 bridgehead atoms. The number of hydrogen-bond acceptors (Lipinski definition) is 4. The molecule has 3 heterocycles. The number of methoxy groups -OCH3 is 1. The molecule has 150 valence electrons. The Labute approximate surface area is 164 Å². The van der Waals surface area contributed by atoms with Crippen molar-refractivity contribution in [3.05, 3.63) is 29.5 Å². The van der Waals surface area contributed by atoms with E-state index < -0.39 is 0 Å². The molecule has 2 aliphatic rings. The maximum absolute atomic E-state index is 12.4. The summed E-state index contributed by atoms with van der Waals surface area (Å²) in [6.45, 7) is 4.93. The number of carbonyl (C=O) groups excluding carboxylic acids is 2. The summed E-state index contributed by atoms with van der Waals surface area (Å²) in [4.78, 5) is 31.4. The van der Waals surface area contributed by atoms with E-state index in [1.165, 1.54) is 5.56 Å². The lowest BCUT2D eigenvalue weighted by molar-refractivity contribution is -0.137. The number of amides is 2. The summed E-state index contributed by atoms with van der Waals surface area (Å²) in [5.74, 6) is 0.802. The monoisotopic (exact) mass is 385 g/mol. The number of fused-ring (bicyclic) bond motifs is 4. The van der Waals surface area contributed by atoms with Crippen LogP contribution in [0.4, 0.5) is 0 Å². The van der Waals surface area contributed by atoms with Crippen molar-refractivity contribution in [2.75, 3.05) is 33.4 Å². The van der Waals surface area contributed by atoms with Crippen LogP contribution in [0, 0.1) is 0 Å². The Kier molecular flexibility index (Phi) is 4.57. The smallest absolute Gasteiger partial charge is 0.220 e. The van der Waals surface area contributed by atoms with Gasteiger partial charge < -0.3 is 24.6 Å². The molecule has 7 nitrogen and oxygen atoms in total. The molecule has 2 N–H and O–H groups in total. The van der Waals surface area contributed by atoms with Gasteiger partial charge in [0.25, 0.3) is 0 Å². The Balaban J connectivity index is 1.88. The minimum Gasteiger partial charge on any atom is -0.497 e. The second-order valence-corrected chi connectivity index (χ2v) is 7.96. The van der Waals surface area contributed by atoms with E-state index in [9.17, 15) is 14.7 Å². The topological polar surface area (TPSA) is 85.9 Å². The summed E-state index contributed by atoms with van der Waals surface area (Å²) in [6.07, 6.45) is 1.58. The van der Waals surface area contributed by atoms with Crippen LogP contribution in [0.5, 0.6) is 5.75 Å². The van der Waals surface area contributed by atoms with Crippen LogP contribution in [-0.4, -0.2) is 65.1 Å². The second-order valence-electron chi connectivity index (χ2n) is 7.96. The highest BCUT2D eigenvalue weighted by molar-refractivity contribution is 5.88. The normalized spacial score (nSPS) is 21.1. The maximum Gasteiger partial charge on any atom is 0.220 e. The first kappa shape index (κ1) is 18.8. The molecule has 0 radical (unpaired) electrons. The van der Waals surface area contributed by atoms with Gasteiger partial charge in [0.1, 0.15) is 5.75 Å². The van der Waals surface area contributed by atoms with Crippen molar-refractivity contribution in [3.8, 4) is 5.75 Å². The summed E-state index contributed by atoms with van der Waals surface area (Å²) in [5, 5.41) is 11.2. The van der Waals surface area contributed by atoms with Crippen LogP contribution in [0.15, 0.2) is 18.2 Å². The summed E-state index contributed by atoms with van der Waals surface area (Å²) in [7, 11) is 1.64. The number of nitrogens with zero attached hydrogens (tertiary/aromatic N) is 2. The van der Waals surface area contributed by atoms with E-state index in [1.54, 1.807) is 25.9 Å². The Morgan fingerprint density at radius 2 is 1.96 bits per heavy atom. The van der Waals surface area contributed by atoms with E-state index in [4.69, 9.17) is 4.74 Å². The van der Waals surface area contributed by atoms with Crippen LogP contribution in [0.25, 0.3) is 10.9 Å². The number of rotatable bonds is 2. The third-order valence-electron chi connectivity index (χ3n) is 6.49. The number of likely N-dealkylation sites (tertiary alicyclic amines) is 1. The van der Waals surface area contributed by atoms with Gasteiger partial charge in [-0.05, 0) is 30.5 Å². The number of benzene rings is 1. The molecule has 1 saturated heterocycles. The van der Waals surface area contributed by atoms with Gasteiger partial charge in [-0.1, -0.05) is 0 Å². The highest BCUT2D eigenvalue weighted by atomic mass is 16.5. The van der Waals surface area contributed by atoms with Crippen LogP contribution in [0.2, 0.25) is 0 Å². The van der Waals surface area contributed by atoms with Gasteiger partial charge >= 0.3 is 0 Å². The second kappa shape index (κ2) is 6.81. The van der Waals surface area contributed by atoms with Crippen molar-refractivity contribution < 1.29 is 19.4 Å². The summed E-state index contributed by atoms with van der Waals surface area (Å²) >= 11 is 0. The van der Waals surface area contributed by atoms with Crippen molar-refractivity contribution >= 4 is 22.7 Å². The first-order valence-corrected chi connectivity index (χ1v) is 9.74. The van der Waals surface area contributed by atoms with E-state index in [0.29, 0.717) is 19.6 Å². The fourth-order valence-electron chi connectivity index (χ4n) is 5.00. The van der Waals surface area contributed by atoms with Crippen molar-refractivity contribution in [3.63, 3.8) is 0 Å². The van der Waals surface area contributed by atoms with Crippen molar-refractivity contribution in [1.29, 1.82) is 0 Å². The zero-order valence-electron chi connectivity index (χ0n) is 16.6. The molecule has 0 aliphatic carbocycles. The number of aromatic amines is 1. The number of H-pyrrole nitrogens is 1. The standard InChI is InChI=1S/C21H27N3O4/c1-13(26)23-8-6-21(7-9-23)12-24(14(2)27)18(11-25)20-19(21)16-5-4-15(28-3)10-17(16)22-20/h4-5,10,18,22,25H,6-9,11-12H2,1-3H3/t18-/m1/s1. The average molecular weight is 385 g/mol. The summed E-state index contributed by atoms with van der Waals surface area (Å²) in [5.41, 5.74) is 2.81. The van der Waals surface area contributed by atoms with Gasteiger partial charge in [0.15, 0.2) is 0 Å². The molecule has 1 aromatic carbocycles. The molecule has 1 fully saturated rings. The highest BCUT2D eigenvalue weighted by Gasteiger charge is 2.48. The first-order chi connectivity index (χ1) is 13.4. The van der Waals surface area contributed by atoms with Crippen LogP contribution in [-0.2, 0) is 15.0 Å². The predicted octanol–water partition coefficient (Wildman–Crippen LogP) is 1.95. The van der Waals surface area contributed by atoms with Gasteiger partial charge in [-0.25, -0.2) is 0 Å². The zero-order valence-corrected chi connectivity index (χ0v) is 16.6. The van der Waals surface area contributed by atoms with Gasteiger partial charge in [-0.15, -0.1) is 0 Å². The molecule has 0 saturated carbocycles. The van der Waals surface area contributed by atoms with Gasteiger partial charge in [-0.2, -0.15) is 0 Å². The van der Waals surface area contributed by atoms with E-state index in [1.807, 2.05) is 17.0 Å². The Bertz CT molecular complexity index is 927. The molecule has 2 aromatic rings. The number of piperidine rings is 1. The molecule has 2 aliphatic heterocycles. The molecular weight excluding hydrogens is 358 g/mol. The number of aliphatic hydroxyl groups is 1. The van der Waals surface area contributed by atoms with Gasteiger partial charge in [-0.3, -0.25) is 9.59 Å². The Morgan fingerprint density at radius 1 is 1.25 bits per heavy atom. The van der Waals surface area contributed by atoms with Crippen molar-refractivity contribution in [2.24, 2.45) is 0 Å². The lowest BCUT2D eigenvalue weighted by atomic mass is 9.68. The summed E-state index contributed by atoms with van der Waals surface area (Å²) < 4.78 is 5.37. The van der Waals surface area contributed by atoms with Gasteiger partial charge in [0, 0.05) is 61.6 Å². The fraction of sp³-hybridized carbons (Fsp3) is 0.524. The fourth-order valence-corrected chi connectivity index (χ4v) is 5.00. The van der Waals surface area contributed by atoms with E-state index in [0.717, 1.165) is 35.2 Å². The number of ether oxygens (including phenoxy) is 1. The number of carbonyl (C=O) groups is 2. The summed E-state index contributed by atoms with van der Waals surface area (Å²) in [6, 6.07) is 5.57. The van der Waals surface area contributed by atoms with Crippen molar-refractivity contribution in [2.45, 2.75) is 38.1 Å². The van der Waals surface area contributed by atoms with Gasteiger partial charge in [0.2, 0.25) is 11.8 Å². The molecule has 1 aromatic heterocycles. The average Bonchev–Trinajstić information content (AvgIpc) is 3.07. The third-order valence-corrected chi connectivity index (χ3v) is 6.49. The highest BCUT2D eigenvalue weighted by Crippen LogP contribution is 2.49. The van der Waals surface area contributed by atoms with E-state index >= 15 is 0 Å². The number of nitrogens with one attached hydrogen (secondary N) is 1. The predicted molar refractivity (Wildman–Crippen MR) is 105 cm³/mol. The first-order valence-electron chi connectivity index (χ1n) is 9.74. The number of hydrogen-bond donors (Lipinski definition) is 2. The SMILES string of the molecule is COc1ccc2c3c([nH]c2c1)[C@@H](CO)N(C(C)=O)CC31CCN(C(C)=O)CC1. The number of aromatic nitrogens is 1. The minimum atomic E-state index is -0.387. The van der Waals surface area contributed by atoms with Crippen LogP contribution in [0.3, 0.4) is 0 Å². The lowest BCUT2D eigenvalue weighted by Gasteiger charge is -2.50. The molecule has 7 heteroatoms. The van der Waals surface area contributed by atoms with E-state index in [2.05, 4.69) is 11.1 Å². The van der Waals surface area contributed by atoms with Crippen LogP contribution >= 0.6 is 0 Å². The van der Waals surface area contributed by atoms with E-state index in [-0.39, 0.29) is 29.9 Å². The lowest BCUT2D eigenvalue weighted by Crippen LogP contribution is -2.55. The quantitative estimate of drug-likeness (QED) is 0.827. The molecule has 1 spiro atoms. The van der Waals surface area contributed by atoms with Gasteiger partial charge in [0.05, 0.1) is 19.8 Å². The minimum absolute atomic E-state index is 0.0469. The Morgan fingerprint density at radius 3 is 2.54 bits per heavy atom. The largest absolute Gasteiger partial charge is 0.497 e. The molecular formula is C21H27N3O4. The molecule has 0 unspecified atom stereocenters. The zero-order chi connectivity index (χ0) is 20.1.